The molecule has 1 aliphatic rings. The molecular formula is C19H24FN3O. The SMILES string of the molecule is CC(C)c1nccc(N2CCC(CO)(Cc3ccc(F)cc3)C2)n1. The maximum Gasteiger partial charge on any atom is 0.133 e. The molecular weight excluding hydrogens is 305 g/mol. The van der Waals surface area contributed by atoms with Crippen LogP contribution in [0, 0.1) is 11.2 Å². The molecule has 1 aromatic heterocycles. The Morgan fingerprint density at radius 3 is 2.67 bits per heavy atom. The second-order valence-electron chi connectivity index (χ2n) is 7.06. The fourth-order valence-electron chi connectivity index (χ4n) is 3.31. The van der Waals surface area contributed by atoms with E-state index in [4.69, 9.17) is 0 Å². The van der Waals surface area contributed by atoms with Crippen LogP contribution in [-0.4, -0.2) is 34.8 Å². The Hall–Kier alpha value is -2.01. The molecule has 128 valence electrons. The first kappa shape index (κ1) is 16.8. The number of anilines is 1. The van der Waals surface area contributed by atoms with Crippen molar-refractivity contribution in [1.82, 2.24) is 9.97 Å². The minimum Gasteiger partial charge on any atom is -0.396 e. The van der Waals surface area contributed by atoms with Gasteiger partial charge in [-0.2, -0.15) is 0 Å². The number of nitrogens with zero attached hydrogens (tertiary/aromatic N) is 3. The van der Waals surface area contributed by atoms with Crippen molar-refractivity contribution < 1.29 is 9.50 Å². The molecule has 0 spiro atoms. The summed E-state index contributed by atoms with van der Waals surface area (Å²) in [6, 6.07) is 8.49. The summed E-state index contributed by atoms with van der Waals surface area (Å²) in [6.07, 6.45) is 3.43. The summed E-state index contributed by atoms with van der Waals surface area (Å²) in [5, 5.41) is 10.0. The van der Waals surface area contributed by atoms with Crippen molar-refractivity contribution in [3.05, 3.63) is 53.7 Å². The number of hydrogen-bond acceptors (Lipinski definition) is 4. The number of rotatable bonds is 5. The van der Waals surface area contributed by atoms with E-state index in [1.807, 2.05) is 6.07 Å². The van der Waals surface area contributed by atoms with Gasteiger partial charge in [0, 0.05) is 30.6 Å². The third-order valence-electron chi connectivity index (χ3n) is 4.77. The molecule has 0 radical (unpaired) electrons. The van der Waals surface area contributed by atoms with E-state index in [-0.39, 0.29) is 23.8 Å². The molecule has 24 heavy (non-hydrogen) atoms. The van der Waals surface area contributed by atoms with Gasteiger partial charge in [0.05, 0.1) is 6.61 Å². The molecule has 1 fully saturated rings. The Balaban J connectivity index is 1.76. The summed E-state index contributed by atoms with van der Waals surface area (Å²) < 4.78 is 13.1. The number of aliphatic hydroxyl groups excluding tert-OH is 1. The summed E-state index contributed by atoms with van der Waals surface area (Å²) in [6.45, 7) is 5.88. The van der Waals surface area contributed by atoms with E-state index in [9.17, 15) is 9.50 Å². The van der Waals surface area contributed by atoms with Gasteiger partial charge in [-0.25, -0.2) is 14.4 Å². The highest BCUT2D eigenvalue weighted by Crippen LogP contribution is 2.36. The van der Waals surface area contributed by atoms with Crippen LogP contribution in [0.15, 0.2) is 36.5 Å². The van der Waals surface area contributed by atoms with Crippen molar-refractivity contribution in [2.24, 2.45) is 5.41 Å². The first-order valence-electron chi connectivity index (χ1n) is 8.44. The van der Waals surface area contributed by atoms with Crippen LogP contribution in [0.25, 0.3) is 0 Å². The van der Waals surface area contributed by atoms with Gasteiger partial charge in [0.2, 0.25) is 0 Å². The largest absolute Gasteiger partial charge is 0.396 e. The first-order chi connectivity index (χ1) is 11.5. The molecule has 2 heterocycles. The maximum absolute atomic E-state index is 13.1. The van der Waals surface area contributed by atoms with Crippen LogP contribution in [0.1, 0.15) is 37.6 Å². The summed E-state index contributed by atoms with van der Waals surface area (Å²) in [4.78, 5) is 11.2. The van der Waals surface area contributed by atoms with Crippen molar-refractivity contribution in [1.29, 1.82) is 0 Å². The average Bonchev–Trinajstić information content (AvgIpc) is 3.02. The summed E-state index contributed by atoms with van der Waals surface area (Å²) in [7, 11) is 0. The predicted octanol–water partition coefficient (Wildman–Crippen LogP) is 3.17. The van der Waals surface area contributed by atoms with Crippen molar-refractivity contribution >= 4 is 5.82 Å². The van der Waals surface area contributed by atoms with Gasteiger partial charge in [-0.15, -0.1) is 0 Å². The van der Waals surface area contributed by atoms with Gasteiger partial charge in [-0.3, -0.25) is 0 Å². The van der Waals surface area contributed by atoms with Crippen LogP contribution in [-0.2, 0) is 6.42 Å². The highest BCUT2D eigenvalue weighted by molar-refractivity contribution is 5.40. The number of benzene rings is 1. The molecule has 0 aliphatic carbocycles. The summed E-state index contributed by atoms with van der Waals surface area (Å²) >= 11 is 0. The third kappa shape index (κ3) is 3.56. The Morgan fingerprint density at radius 1 is 1.25 bits per heavy atom. The van der Waals surface area contributed by atoms with Crippen molar-refractivity contribution in [2.75, 3.05) is 24.6 Å². The minimum absolute atomic E-state index is 0.114. The van der Waals surface area contributed by atoms with Crippen molar-refractivity contribution in [3.63, 3.8) is 0 Å². The average molecular weight is 329 g/mol. The second kappa shape index (κ2) is 6.85. The molecule has 2 aromatic rings. The molecule has 1 N–H and O–H groups in total. The third-order valence-corrected chi connectivity index (χ3v) is 4.77. The van der Waals surface area contributed by atoms with E-state index >= 15 is 0 Å². The van der Waals surface area contributed by atoms with Crippen LogP contribution >= 0.6 is 0 Å². The minimum atomic E-state index is -0.230. The van der Waals surface area contributed by atoms with Crippen LogP contribution in [0.3, 0.4) is 0 Å². The number of aliphatic hydroxyl groups is 1. The number of aromatic nitrogens is 2. The van der Waals surface area contributed by atoms with Crippen LogP contribution < -0.4 is 4.90 Å². The van der Waals surface area contributed by atoms with Crippen molar-refractivity contribution in [2.45, 2.75) is 32.6 Å². The molecule has 0 saturated carbocycles. The Morgan fingerprint density at radius 2 is 2.00 bits per heavy atom. The van der Waals surface area contributed by atoms with Crippen molar-refractivity contribution in [3.8, 4) is 0 Å². The lowest BCUT2D eigenvalue weighted by Gasteiger charge is -2.27. The van der Waals surface area contributed by atoms with Gasteiger partial charge in [-0.1, -0.05) is 26.0 Å². The summed E-state index contributed by atoms with van der Waals surface area (Å²) in [5.41, 5.74) is 0.846. The van der Waals surface area contributed by atoms with Gasteiger partial charge in [0.1, 0.15) is 17.5 Å². The monoisotopic (exact) mass is 329 g/mol. The lowest BCUT2D eigenvalue weighted by atomic mass is 9.81. The molecule has 1 aromatic carbocycles. The zero-order valence-electron chi connectivity index (χ0n) is 14.2. The molecule has 0 bridgehead atoms. The lowest BCUT2D eigenvalue weighted by Crippen LogP contribution is -2.33. The van der Waals surface area contributed by atoms with Gasteiger partial charge >= 0.3 is 0 Å². The lowest BCUT2D eigenvalue weighted by molar-refractivity contribution is 0.144. The van der Waals surface area contributed by atoms with E-state index in [1.54, 1.807) is 18.3 Å². The standard InChI is InChI=1S/C19H24FN3O/c1-14(2)18-21-9-7-17(22-18)23-10-8-19(12-23,13-24)11-15-3-5-16(20)6-4-15/h3-7,9,14,24H,8,10-13H2,1-2H3. The second-order valence-corrected chi connectivity index (χ2v) is 7.06. The molecule has 1 saturated heterocycles. The molecule has 1 atom stereocenters. The Labute approximate surface area is 142 Å². The fourth-order valence-corrected chi connectivity index (χ4v) is 3.31. The zero-order valence-corrected chi connectivity index (χ0v) is 14.2. The molecule has 3 rings (SSSR count). The maximum atomic E-state index is 13.1. The van der Waals surface area contributed by atoms with E-state index in [2.05, 4.69) is 28.7 Å². The number of halogens is 1. The fraction of sp³-hybridized carbons (Fsp3) is 0.474. The van der Waals surface area contributed by atoms with Crippen LogP contribution in [0.2, 0.25) is 0 Å². The topological polar surface area (TPSA) is 49.2 Å². The van der Waals surface area contributed by atoms with E-state index in [1.165, 1.54) is 12.1 Å². The van der Waals surface area contributed by atoms with E-state index < -0.39 is 0 Å². The highest BCUT2D eigenvalue weighted by Gasteiger charge is 2.38. The van der Waals surface area contributed by atoms with Crippen LogP contribution in [0.4, 0.5) is 10.2 Å². The molecule has 4 nitrogen and oxygen atoms in total. The molecule has 0 amide bonds. The molecule has 1 aliphatic heterocycles. The van der Waals surface area contributed by atoms with Gasteiger partial charge < -0.3 is 10.0 Å². The molecule has 1 unspecified atom stereocenters. The first-order valence-corrected chi connectivity index (χ1v) is 8.44. The van der Waals surface area contributed by atoms with E-state index in [0.29, 0.717) is 0 Å². The van der Waals surface area contributed by atoms with Gasteiger partial charge in [-0.05, 0) is 36.6 Å². The Bertz CT molecular complexity index is 689. The summed E-state index contributed by atoms with van der Waals surface area (Å²) in [5.74, 6) is 1.82. The Kier molecular flexibility index (Phi) is 4.81. The van der Waals surface area contributed by atoms with Gasteiger partial charge in [0.15, 0.2) is 0 Å². The smallest absolute Gasteiger partial charge is 0.133 e. The van der Waals surface area contributed by atoms with Crippen LogP contribution in [0.5, 0.6) is 0 Å². The zero-order chi connectivity index (χ0) is 17.2. The highest BCUT2D eigenvalue weighted by atomic mass is 19.1. The molecule has 5 heteroatoms. The number of hydrogen-bond donors (Lipinski definition) is 1. The quantitative estimate of drug-likeness (QED) is 0.915. The van der Waals surface area contributed by atoms with Gasteiger partial charge in [0.25, 0.3) is 0 Å². The predicted molar refractivity (Wildman–Crippen MR) is 92.6 cm³/mol. The normalized spacial score (nSPS) is 20.8. The van der Waals surface area contributed by atoms with E-state index in [0.717, 1.165) is 43.1 Å².